The molecule has 1 amide bonds. The summed E-state index contributed by atoms with van der Waals surface area (Å²) >= 11 is 5.86. The molecule has 0 spiro atoms. The molecule has 0 saturated carbocycles. The van der Waals surface area contributed by atoms with E-state index in [1.807, 2.05) is 0 Å². The minimum absolute atomic E-state index is 0.00106. The summed E-state index contributed by atoms with van der Waals surface area (Å²) in [5.41, 5.74) is -0.219. The molecule has 6 heteroatoms. The number of halogens is 1. The number of nitro groups is 1. The molecule has 2 rings (SSSR count). The number of benzene rings is 1. The van der Waals surface area contributed by atoms with Gasteiger partial charge in [-0.25, -0.2) is 0 Å². The van der Waals surface area contributed by atoms with Crippen molar-refractivity contribution in [2.45, 2.75) is 32.7 Å². The minimum atomic E-state index is -0.587. The van der Waals surface area contributed by atoms with E-state index >= 15 is 0 Å². The molecule has 0 radical (unpaired) electrons. The fraction of sp³-hybridized carbons (Fsp3) is 0.500. The number of carbonyl (C=O) groups excluding carboxylic acids is 1. The summed E-state index contributed by atoms with van der Waals surface area (Å²) < 4.78 is 0. The second kappa shape index (κ2) is 5.79. The van der Waals surface area contributed by atoms with Crippen LogP contribution in [-0.2, 0) is 0 Å². The Labute approximate surface area is 122 Å². The number of nitrogens with zero attached hydrogens (tertiary/aromatic N) is 2. The molecule has 0 aliphatic carbocycles. The van der Waals surface area contributed by atoms with Gasteiger partial charge in [0.25, 0.3) is 5.91 Å². The van der Waals surface area contributed by atoms with Crippen LogP contribution in [0.1, 0.15) is 37.0 Å². The van der Waals surface area contributed by atoms with Crippen molar-refractivity contribution in [2.75, 3.05) is 6.54 Å². The molecule has 1 atom stereocenters. The van der Waals surface area contributed by atoms with Gasteiger partial charge in [0.2, 0.25) is 0 Å². The van der Waals surface area contributed by atoms with Gasteiger partial charge in [-0.2, -0.15) is 0 Å². The van der Waals surface area contributed by atoms with Gasteiger partial charge in [-0.15, -0.1) is 0 Å². The molecule has 0 bridgehead atoms. The molecule has 0 aromatic heterocycles. The van der Waals surface area contributed by atoms with Crippen molar-refractivity contribution in [3.63, 3.8) is 0 Å². The van der Waals surface area contributed by atoms with Gasteiger partial charge in [-0.1, -0.05) is 31.5 Å². The number of nitro benzene ring substituents is 1. The first-order chi connectivity index (χ1) is 9.43. The summed E-state index contributed by atoms with van der Waals surface area (Å²) in [6, 6.07) is 4.62. The van der Waals surface area contributed by atoms with Crippen molar-refractivity contribution < 1.29 is 9.72 Å². The fourth-order valence-electron chi connectivity index (χ4n) is 2.77. The molecular weight excluding hydrogens is 280 g/mol. The van der Waals surface area contributed by atoms with E-state index in [-0.39, 0.29) is 28.2 Å². The predicted molar refractivity (Wildman–Crippen MR) is 77.0 cm³/mol. The summed E-state index contributed by atoms with van der Waals surface area (Å²) in [4.78, 5) is 24.9. The number of amides is 1. The maximum absolute atomic E-state index is 12.6. The van der Waals surface area contributed by atoms with Crippen LogP contribution in [0.4, 0.5) is 5.69 Å². The summed E-state index contributed by atoms with van der Waals surface area (Å²) in [6.45, 7) is 4.76. The first-order valence-electron chi connectivity index (χ1n) is 6.67. The highest BCUT2D eigenvalue weighted by atomic mass is 35.5. The van der Waals surface area contributed by atoms with Crippen molar-refractivity contribution in [3.05, 3.63) is 38.9 Å². The van der Waals surface area contributed by atoms with Gasteiger partial charge in [0.1, 0.15) is 10.6 Å². The van der Waals surface area contributed by atoms with Crippen LogP contribution in [0.3, 0.4) is 0 Å². The topological polar surface area (TPSA) is 63.5 Å². The Morgan fingerprint density at radius 3 is 2.80 bits per heavy atom. The first-order valence-corrected chi connectivity index (χ1v) is 7.05. The summed E-state index contributed by atoms with van der Waals surface area (Å²) in [5, 5.41) is 11.1. The Balaban J connectivity index is 2.39. The van der Waals surface area contributed by atoms with Crippen LogP contribution in [0.2, 0.25) is 5.02 Å². The highest BCUT2D eigenvalue weighted by molar-refractivity contribution is 6.33. The van der Waals surface area contributed by atoms with E-state index in [1.165, 1.54) is 12.1 Å². The summed E-state index contributed by atoms with van der Waals surface area (Å²) in [6.07, 6.45) is 1.88. The Morgan fingerprint density at radius 2 is 2.20 bits per heavy atom. The molecule has 1 fully saturated rings. The number of para-hydroxylation sites is 1. The lowest BCUT2D eigenvalue weighted by atomic mass is 10.0. The van der Waals surface area contributed by atoms with Crippen molar-refractivity contribution in [1.82, 2.24) is 4.90 Å². The molecule has 1 aromatic carbocycles. The Bertz CT molecular complexity index is 545. The van der Waals surface area contributed by atoms with Crippen LogP contribution < -0.4 is 0 Å². The zero-order chi connectivity index (χ0) is 14.9. The van der Waals surface area contributed by atoms with Crippen LogP contribution >= 0.6 is 11.6 Å². The van der Waals surface area contributed by atoms with Crippen molar-refractivity contribution in [3.8, 4) is 0 Å². The van der Waals surface area contributed by atoms with Gasteiger partial charge >= 0.3 is 5.69 Å². The van der Waals surface area contributed by atoms with Crippen LogP contribution in [0.5, 0.6) is 0 Å². The SMILES string of the molecule is CC(C)C1CCCN1C(=O)c1cccc(Cl)c1[N+](=O)[O-]. The zero-order valence-electron chi connectivity index (χ0n) is 11.5. The molecule has 108 valence electrons. The number of carbonyl (C=O) groups is 1. The van der Waals surface area contributed by atoms with E-state index in [0.717, 1.165) is 12.8 Å². The smallest absolute Gasteiger partial charge is 0.300 e. The Kier molecular flexibility index (Phi) is 4.28. The third-order valence-electron chi connectivity index (χ3n) is 3.73. The lowest BCUT2D eigenvalue weighted by Crippen LogP contribution is -2.38. The first kappa shape index (κ1) is 14.8. The maximum Gasteiger partial charge on any atom is 0.300 e. The van der Waals surface area contributed by atoms with E-state index in [0.29, 0.717) is 12.5 Å². The molecule has 1 saturated heterocycles. The Hall–Kier alpha value is -1.62. The average Bonchev–Trinajstić information content (AvgIpc) is 2.86. The predicted octanol–water partition coefficient (Wildman–Crippen LogP) is 3.51. The number of likely N-dealkylation sites (tertiary alicyclic amines) is 1. The lowest BCUT2D eigenvalue weighted by Gasteiger charge is -2.27. The number of rotatable bonds is 3. The number of hydrogen-bond acceptors (Lipinski definition) is 3. The molecule has 5 nitrogen and oxygen atoms in total. The largest absolute Gasteiger partial charge is 0.335 e. The van der Waals surface area contributed by atoms with Crippen molar-refractivity contribution in [2.24, 2.45) is 5.92 Å². The lowest BCUT2D eigenvalue weighted by molar-refractivity contribution is -0.385. The quantitative estimate of drug-likeness (QED) is 0.633. The molecule has 1 unspecified atom stereocenters. The van der Waals surface area contributed by atoms with E-state index < -0.39 is 4.92 Å². The van der Waals surface area contributed by atoms with Gasteiger partial charge in [-0.05, 0) is 30.9 Å². The molecule has 1 aliphatic heterocycles. The molecule has 1 aromatic rings. The van der Waals surface area contributed by atoms with E-state index in [2.05, 4.69) is 13.8 Å². The van der Waals surface area contributed by atoms with Crippen molar-refractivity contribution >= 4 is 23.2 Å². The second-order valence-corrected chi connectivity index (χ2v) is 5.75. The monoisotopic (exact) mass is 296 g/mol. The van der Waals surface area contributed by atoms with Gasteiger partial charge in [0.05, 0.1) is 4.92 Å². The van der Waals surface area contributed by atoms with Gasteiger partial charge in [0.15, 0.2) is 0 Å². The highest BCUT2D eigenvalue weighted by Gasteiger charge is 2.34. The summed E-state index contributed by atoms with van der Waals surface area (Å²) in [5.74, 6) is 0.0371. The highest BCUT2D eigenvalue weighted by Crippen LogP contribution is 2.32. The van der Waals surface area contributed by atoms with Crippen LogP contribution in [0.15, 0.2) is 18.2 Å². The van der Waals surface area contributed by atoms with Gasteiger partial charge in [-0.3, -0.25) is 14.9 Å². The van der Waals surface area contributed by atoms with Gasteiger partial charge < -0.3 is 4.90 Å². The van der Waals surface area contributed by atoms with Crippen molar-refractivity contribution in [1.29, 1.82) is 0 Å². The standard InChI is InChI=1S/C14H17ClN2O3/c1-9(2)12-7-4-8-16(12)14(18)10-5-3-6-11(15)13(10)17(19)20/h3,5-6,9,12H,4,7-8H2,1-2H3. The summed E-state index contributed by atoms with van der Waals surface area (Å²) in [7, 11) is 0. The molecular formula is C14H17ClN2O3. The minimum Gasteiger partial charge on any atom is -0.335 e. The Morgan fingerprint density at radius 1 is 1.50 bits per heavy atom. The number of hydrogen-bond donors (Lipinski definition) is 0. The maximum atomic E-state index is 12.6. The van der Waals surface area contributed by atoms with E-state index in [1.54, 1.807) is 11.0 Å². The second-order valence-electron chi connectivity index (χ2n) is 5.35. The van der Waals surface area contributed by atoms with E-state index in [4.69, 9.17) is 11.6 Å². The van der Waals surface area contributed by atoms with Crippen LogP contribution in [0, 0.1) is 16.0 Å². The molecule has 1 heterocycles. The zero-order valence-corrected chi connectivity index (χ0v) is 12.3. The van der Waals surface area contributed by atoms with Crippen LogP contribution in [0.25, 0.3) is 0 Å². The van der Waals surface area contributed by atoms with Crippen LogP contribution in [-0.4, -0.2) is 28.3 Å². The normalized spacial score (nSPS) is 18.6. The molecule has 1 aliphatic rings. The fourth-order valence-corrected chi connectivity index (χ4v) is 3.01. The molecule has 0 N–H and O–H groups in total. The molecule has 20 heavy (non-hydrogen) atoms. The van der Waals surface area contributed by atoms with Gasteiger partial charge in [0, 0.05) is 12.6 Å². The average molecular weight is 297 g/mol. The third-order valence-corrected chi connectivity index (χ3v) is 4.03. The third kappa shape index (κ3) is 2.63. The van der Waals surface area contributed by atoms with E-state index in [9.17, 15) is 14.9 Å².